The lowest BCUT2D eigenvalue weighted by Crippen LogP contribution is -2.32. The Morgan fingerprint density at radius 1 is 1.23 bits per heavy atom. The highest BCUT2D eigenvalue weighted by Gasteiger charge is 2.22. The molecule has 3 rings (SSSR count). The Kier molecular flexibility index (Phi) is 7.24. The molecular formula is C22H28N4O4. The van der Waals surface area contributed by atoms with E-state index in [0.29, 0.717) is 24.4 Å². The van der Waals surface area contributed by atoms with Crippen LogP contribution in [0.1, 0.15) is 44.3 Å². The topological polar surface area (TPSA) is 116 Å². The maximum atomic E-state index is 12.6. The van der Waals surface area contributed by atoms with Crippen molar-refractivity contribution < 1.29 is 19.1 Å². The zero-order valence-electron chi connectivity index (χ0n) is 17.3. The molecule has 8 nitrogen and oxygen atoms in total. The molecule has 2 bridgehead atoms. The summed E-state index contributed by atoms with van der Waals surface area (Å²) < 4.78 is 9.95. The predicted octanol–water partition coefficient (Wildman–Crippen LogP) is 3.84. The molecule has 0 fully saturated rings. The lowest BCUT2D eigenvalue weighted by atomic mass is 9.97. The minimum absolute atomic E-state index is 0.165. The van der Waals surface area contributed by atoms with E-state index in [1.165, 1.54) is 7.11 Å². The van der Waals surface area contributed by atoms with E-state index in [1.54, 1.807) is 25.3 Å². The van der Waals surface area contributed by atoms with Crippen molar-refractivity contribution in [3.05, 3.63) is 42.2 Å². The molecule has 4 N–H and O–H groups in total. The van der Waals surface area contributed by atoms with Gasteiger partial charge in [0.05, 0.1) is 19.4 Å². The molecule has 2 aromatic rings. The van der Waals surface area contributed by atoms with Crippen LogP contribution in [-0.4, -0.2) is 36.8 Å². The monoisotopic (exact) mass is 412 g/mol. The van der Waals surface area contributed by atoms with E-state index in [0.717, 1.165) is 36.1 Å². The molecule has 8 heteroatoms. The quantitative estimate of drug-likeness (QED) is 0.656. The Hall–Kier alpha value is -3.13. The molecular weight excluding hydrogens is 384 g/mol. The van der Waals surface area contributed by atoms with Gasteiger partial charge in [0.1, 0.15) is 6.04 Å². The number of nitrogens with two attached hydrogens (primary N) is 1. The predicted molar refractivity (Wildman–Crippen MR) is 115 cm³/mol. The molecule has 0 radical (unpaired) electrons. The number of anilines is 2. The highest BCUT2D eigenvalue weighted by atomic mass is 16.5. The average Bonchev–Trinajstić information content (AvgIpc) is 2.75. The number of benzene rings is 1. The fraction of sp³-hybridized carbons (Fsp3) is 0.409. The largest absolute Gasteiger partial charge is 0.464 e. The van der Waals surface area contributed by atoms with E-state index in [1.807, 2.05) is 18.2 Å². The van der Waals surface area contributed by atoms with Crippen molar-refractivity contribution in [3.63, 3.8) is 0 Å². The second kappa shape index (κ2) is 10.1. The van der Waals surface area contributed by atoms with Crippen molar-refractivity contribution in [2.45, 2.75) is 44.7 Å². The van der Waals surface area contributed by atoms with Crippen molar-refractivity contribution in [2.75, 3.05) is 24.4 Å². The molecule has 1 aromatic carbocycles. The van der Waals surface area contributed by atoms with Crippen LogP contribution >= 0.6 is 0 Å². The maximum Gasteiger partial charge on any atom is 0.411 e. The van der Waals surface area contributed by atoms with Crippen LogP contribution in [0.15, 0.2) is 36.5 Å². The fourth-order valence-corrected chi connectivity index (χ4v) is 3.52. The van der Waals surface area contributed by atoms with Crippen molar-refractivity contribution in [2.24, 2.45) is 5.73 Å². The van der Waals surface area contributed by atoms with Crippen LogP contribution < -0.4 is 16.4 Å². The highest BCUT2D eigenvalue weighted by molar-refractivity contribution is 5.90. The number of aromatic nitrogens is 1. The van der Waals surface area contributed by atoms with Crippen molar-refractivity contribution in [3.8, 4) is 11.1 Å². The van der Waals surface area contributed by atoms with Gasteiger partial charge in [-0.3, -0.25) is 10.3 Å². The van der Waals surface area contributed by atoms with Crippen molar-refractivity contribution in [1.82, 2.24) is 4.98 Å². The first-order valence-electron chi connectivity index (χ1n) is 10.2. The molecule has 0 saturated heterocycles. The van der Waals surface area contributed by atoms with Crippen molar-refractivity contribution in [1.29, 1.82) is 0 Å². The van der Waals surface area contributed by atoms with Gasteiger partial charge in [0.2, 0.25) is 0 Å². The molecule has 0 saturated carbocycles. The maximum absolute atomic E-state index is 12.6. The summed E-state index contributed by atoms with van der Waals surface area (Å²) in [5, 5.41) is 6.00. The minimum Gasteiger partial charge on any atom is -0.464 e. The molecule has 2 atom stereocenters. The Labute approximate surface area is 176 Å². The lowest BCUT2D eigenvalue weighted by molar-refractivity contribution is -0.144. The van der Waals surface area contributed by atoms with Gasteiger partial charge in [0, 0.05) is 29.2 Å². The number of methoxy groups -OCH3 is 1. The number of nitrogens with zero attached hydrogens (tertiary/aromatic N) is 1. The van der Waals surface area contributed by atoms with Crippen LogP contribution in [0.3, 0.4) is 0 Å². The van der Waals surface area contributed by atoms with Gasteiger partial charge < -0.3 is 20.5 Å². The van der Waals surface area contributed by atoms with E-state index in [2.05, 4.69) is 20.4 Å². The summed E-state index contributed by atoms with van der Waals surface area (Å²) in [6.45, 7) is 2.10. The number of pyridine rings is 1. The van der Waals surface area contributed by atoms with Crippen LogP contribution in [0.25, 0.3) is 11.1 Å². The molecule has 2 unspecified atom stereocenters. The van der Waals surface area contributed by atoms with Crippen LogP contribution in [-0.2, 0) is 14.3 Å². The van der Waals surface area contributed by atoms with Gasteiger partial charge in [-0.05, 0) is 49.6 Å². The number of esters is 1. The molecule has 1 aliphatic heterocycles. The molecule has 0 aliphatic carbocycles. The van der Waals surface area contributed by atoms with Gasteiger partial charge in [-0.2, -0.15) is 0 Å². The number of ether oxygens (including phenoxy) is 2. The van der Waals surface area contributed by atoms with Gasteiger partial charge in [-0.25, -0.2) is 9.59 Å². The van der Waals surface area contributed by atoms with Crippen LogP contribution in [0.5, 0.6) is 0 Å². The summed E-state index contributed by atoms with van der Waals surface area (Å²) in [6, 6.07) is 8.64. The zero-order valence-corrected chi connectivity index (χ0v) is 17.3. The molecule has 1 aliphatic rings. The van der Waals surface area contributed by atoms with E-state index < -0.39 is 12.1 Å². The van der Waals surface area contributed by atoms with E-state index in [4.69, 9.17) is 10.5 Å². The summed E-state index contributed by atoms with van der Waals surface area (Å²) in [5.74, 6) is -0.299. The number of nitrogens with one attached hydrogen (secondary N) is 2. The Balaban J connectivity index is 2.06. The summed E-state index contributed by atoms with van der Waals surface area (Å²) in [7, 11) is 1.31. The Bertz CT molecular complexity index is 902. The SMILES string of the molecule is CCOC(=O)C1CCCCC(N)c2cc(ccn2)-c2ccc(NC(=O)OC)cc2N1. The van der Waals surface area contributed by atoms with Gasteiger partial charge in [0.15, 0.2) is 0 Å². The lowest BCUT2D eigenvalue weighted by Gasteiger charge is -2.23. The summed E-state index contributed by atoms with van der Waals surface area (Å²) in [5.41, 5.74) is 10.2. The standard InChI is InChI=1S/C22H28N4O4/c1-3-30-21(27)18-7-5-4-6-17(23)20-12-14(10-11-24-20)16-9-8-15(13-19(16)26-18)25-22(28)29-2/h8-13,17-18,26H,3-7,23H2,1-2H3,(H,25,28). The van der Waals surface area contributed by atoms with E-state index >= 15 is 0 Å². The highest BCUT2D eigenvalue weighted by Crippen LogP contribution is 2.33. The number of rotatable bonds is 3. The van der Waals surface area contributed by atoms with Crippen LogP contribution in [0.2, 0.25) is 0 Å². The number of hydrogen-bond donors (Lipinski definition) is 3. The second-order valence-corrected chi connectivity index (χ2v) is 7.19. The Morgan fingerprint density at radius 2 is 2.03 bits per heavy atom. The van der Waals surface area contributed by atoms with E-state index in [-0.39, 0.29) is 12.0 Å². The summed E-state index contributed by atoms with van der Waals surface area (Å²) >= 11 is 0. The first-order chi connectivity index (χ1) is 14.5. The third-order valence-electron chi connectivity index (χ3n) is 5.08. The molecule has 160 valence electrons. The van der Waals surface area contributed by atoms with E-state index in [9.17, 15) is 9.59 Å². The van der Waals surface area contributed by atoms with Gasteiger partial charge in [0.25, 0.3) is 0 Å². The third-order valence-corrected chi connectivity index (χ3v) is 5.08. The first-order valence-corrected chi connectivity index (χ1v) is 10.2. The number of amides is 1. The van der Waals surface area contributed by atoms with Crippen molar-refractivity contribution >= 4 is 23.4 Å². The number of hydrogen-bond acceptors (Lipinski definition) is 7. The summed E-state index contributed by atoms with van der Waals surface area (Å²) in [6.07, 6.45) is 4.27. The molecule has 2 heterocycles. The smallest absolute Gasteiger partial charge is 0.411 e. The minimum atomic E-state index is -0.567. The number of carbonyl (C=O) groups is 2. The van der Waals surface area contributed by atoms with Gasteiger partial charge >= 0.3 is 12.1 Å². The van der Waals surface area contributed by atoms with Crippen LogP contribution in [0.4, 0.5) is 16.2 Å². The fourth-order valence-electron chi connectivity index (χ4n) is 3.52. The molecule has 1 aromatic heterocycles. The summed E-state index contributed by atoms with van der Waals surface area (Å²) in [4.78, 5) is 28.6. The normalized spacial score (nSPS) is 18.6. The molecule has 0 spiro atoms. The molecule has 30 heavy (non-hydrogen) atoms. The zero-order chi connectivity index (χ0) is 21.5. The van der Waals surface area contributed by atoms with Gasteiger partial charge in [-0.1, -0.05) is 18.9 Å². The number of carbonyl (C=O) groups excluding carboxylic acids is 2. The second-order valence-electron chi connectivity index (χ2n) is 7.19. The average molecular weight is 412 g/mol. The number of fused-ring (bicyclic) bond motifs is 4. The third kappa shape index (κ3) is 5.27. The first kappa shape index (κ1) is 21.6. The van der Waals surface area contributed by atoms with Crippen LogP contribution in [0, 0.1) is 0 Å². The van der Waals surface area contributed by atoms with Gasteiger partial charge in [-0.15, -0.1) is 0 Å². The Morgan fingerprint density at radius 3 is 2.80 bits per heavy atom. The molecule has 1 amide bonds.